The Labute approximate surface area is 241 Å². The zero-order valence-corrected chi connectivity index (χ0v) is 24.3. The molecule has 0 saturated carbocycles. The molecule has 1 atom stereocenters. The van der Waals surface area contributed by atoms with E-state index in [-0.39, 0.29) is 11.8 Å². The molecule has 218 valence electrons. The highest BCUT2D eigenvalue weighted by atomic mass is 16.5. The minimum atomic E-state index is -0.414. The maximum absolute atomic E-state index is 14.2. The molecular weight excluding hydrogens is 520 g/mol. The van der Waals surface area contributed by atoms with Crippen LogP contribution >= 0.6 is 0 Å². The Hall–Kier alpha value is -3.85. The summed E-state index contributed by atoms with van der Waals surface area (Å²) < 4.78 is 11.1. The summed E-state index contributed by atoms with van der Waals surface area (Å²) in [5.74, 6) is 1.68. The van der Waals surface area contributed by atoms with E-state index in [2.05, 4.69) is 29.2 Å². The average molecular weight is 561 g/mol. The molecule has 0 bridgehead atoms. The lowest BCUT2D eigenvalue weighted by Crippen LogP contribution is -2.40. The Morgan fingerprint density at radius 2 is 1.98 bits per heavy atom. The van der Waals surface area contributed by atoms with Crippen LogP contribution in [0.25, 0.3) is 10.9 Å². The zero-order valence-electron chi connectivity index (χ0n) is 24.3. The van der Waals surface area contributed by atoms with Crippen LogP contribution in [-0.2, 0) is 11.3 Å². The zero-order chi connectivity index (χ0) is 28.9. The molecule has 1 N–H and O–H groups in total. The molecule has 9 heteroatoms. The number of amides is 2. The van der Waals surface area contributed by atoms with Crippen molar-refractivity contribution in [2.75, 3.05) is 51.8 Å². The number of β-amino-alcohol motifs (C(OH)–C–C–N with tert-alkyl or cyclic N) is 1. The van der Waals surface area contributed by atoms with Crippen molar-refractivity contribution in [2.45, 2.75) is 51.7 Å². The van der Waals surface area contributed by atoms with Gasteiger partial charge in [0, 0.05) is 56.6 Å². The monoisotopic (exact) mass is 560 g/mol. The van der Waals surface area contributed by atoms with Crippen LogP contribution in [0.15, 0.2) is 42.5 Å². The molecule has 9 nitrogen and oxygen atoms in total. The summed E-state index contributed by atoms with van der Waals surface area (Å²) in [7, 11) is 3.09. The summed E-state index contributed by atoms with van der Waals surface area (Å²) in [4.78, 5) is 37.3. The third-order valence-corrected chi connectivity index (χ3v) is 8.03. The maximum atomic E-state index is 14.2. The first-order chi connectivity index (χ1) is 19.9. The van der Waals surface area contributed by atoms with Crippen molar-refractivity contribution in [3.8, 4) is 11.5 Å². The van der Waals surface area contributed by atoms with E-state index in [1.807, 2.05) is 16.7 Å². The van der Waals surface area contributed by atoms with Crippen LogP contribution in [0.1, 0.15) is 53.6 Å². The fourth-order valence-corrected chi connectivity index (χ4v) is 5.92. The van der Waals surface area contributed by atoms with E-state index in [1.165, 1.54) is 7.11 Å². The van der Waals surface area contributed by atoms with Gasteiger partial charge in [-0.3, -0.25) is 9.59 Å². The summed E-state index contributed by atoms with van der Waals surface area (Å²) in [6.45, 7) is 5.51. The Morgan fingerprint density at radius 3 is 2.71 bits per heavy atom. The fourth-order valence-electron chi connectivity index (χ4n) is 5.92. The number of aromatic nitrogens is 1. The number of aliphatic hydroxyl groups is 1. The summed E-state index contributed by atoms with van der Waals surface area (Å²) in [5, 5.41) is 11.5. The number of aryl methyl sites for hydroxylation is 1. The van der Waals surface area contributed by atoms with E-state index in [4.69, 9.17) is 14.5 Å². The number of methoxy groups -OCH3 is 2. The van der Waals surface area contributed by atoms with Crippen molar-refractivity contribution in [2.24, 2.45) is 0 Å². The molecule has 2 aliphatic heterocycles. The number of aliphatic hydroxyl groups excluding tert-OH is 1. The topological polar surface area (TPSA) is 95.4 Å². The number of carbonyl (C=O) groups is 2. The van der Waals surface area contributed by atoms with E-state index < -0.39 is 6.10 Å². The number of benzene rings is 2. The van der Waals surface area contributed by atoms with Gasteiger partial charge in [-0.25, -0.2) is 4.98 Å². The molecule has 0 spiro atoms. The molecule has 3 aromatic rings. The predicted octanol–water partition coefficient (Wildman–Crippen LogP) is 4.18. The van der Waals surface area contributed by atoms with E-state index in [0.717, 1.165) is 60.2 Å². The molecule has 41 heavy (non-hydrogen) atoms. The summed E-state index contributed by atoms with van der Waals surface area (Å²) in [6, 6.07) is 13.6. The van der Waals surface area contributed by atoms with Crippen LogP contribution in [-0.4, -0.2) is 84.8 Å². The van der Waals surface area contributed by atoms with Gasteiger partial charge < -0.3 is 29.3 Å². The quantitative estimate of drug-likeness (QED) is 0.398. The van der Waals surface area contributed by atoms with Crippen LogP contribution < -0.4 is 14.4 Å². The number of carbonyl (C=O) groups excluding carboxylic acids is 2. The van der Waals surface area contributed by atoms with Crippen molar-refractivity contribution in [1.29, 1.82) is 0 Å². The first-order valence-corrected chi connectivity index (χ1v) is 14.5. The number of ether oxygens (including phenoxy) is 2. The number of hydrogen-bond donors (Lipinski definition) is 1. The third kappa shape index (κ3) is 6.40. The highest BCUT2D eigenvalue weighted by Crippen LogP contribution is 2.33. The molecule has 2 saturated heterocycles. The van der Waals surface area contributed by atoms with Crippen LogP contribution in [0.3, 0.4) is 0 Å². The van der Waals surface area contributed by atoms with Gasteiger partial charge in [-0.05, 0) is 62.4 Å². The standard InChI is InChI=1S/C32H40N4O5/c1-22-12-13-23-19-24(31(33-27(23)18-22)35-15-5-8-25(37)21-35)20-36(17-7-16-34-14-6-11-29(34)38)32(39)26-9-4-10-28(40-2)30(26)41-3/h4,9-10,12-13,18-19,25,37H,5-8,11,14-17,20-21H2,1-3H3. The van der Waals surface area contributed by atoms with Crippen LogP contribution in [0.5, 0.6) is 11.5 Å². The minimum absolute atomic E-state index is 0.178. The lowest BCUT2D eigenvalue weighted by molar-refractivity contribution is -0.127. The number of likely N-dealkylation sites (tertiary alicyclic amines) is 1. The van der Waals surface area contributed by atoms with Crippen molar-refractivity contribution in [1.82, 2.24) is 14.8 Å². The van der Waals surface area contributed by atoms with Crippen molar-refractivity contribution >= 4 is 28.5 Å². The Balaban J connectivity index is 1.51. The first kappa shape index (κ1) is 28.7. The number of pyridine rings is 1. The maximum Gasteiger partial charge on any atom is 0.258 e. The first-order valence-electron chi connectivity index (χ1n) is 14.5. The average Bonchev–Trinajstić information content (AvgIpc) is 3.39. The van der Waals surface area contributed by atoms with Crippen LogP contribution in [0.2, 0.25) is 0 Å². The summed E-state index contributed by atoms with van der Waals surface area (Å²) >= 11 is 0. The smallest absolute Gasteiger partial charge is 0.258 e. The predicted molar refractivity (Wildman–Crippen MR) is 159 cm³/mol. The van der Waals surface area contributed by atoms with Crippen LogP contribution in [0, 0.1) is 6.92 Å². The van der Waals surface area contributed by atoms with Gasteiger partial charge in [-0.1, -0.05) is 18.2 Å². The van der Waals surface area contributed by atoms with Crippen LogP contribution in [0.4, 0.5) is 5.82 Å². The minimum Gasteiger partial charge on any atom is -0.493 e. The molecule has 2 aliphatic rings. The molecule has 1 unspecified atom stereocenters. The molecule has 3 heterocycles. The van der Waals surface area contributed by atoms with Gasteiger partial charge in [-0.2, -0.15) is 0 Å². The SMILES string of the molecule is COc1cccc(C(=O)N(CCCN2CCCC2=O)Cc2cc3ccc(C)cc3nc2N2CCCC(O)C2)c1OC. The molecule has 2 aromatic carbocycles. The molecule has 5 rings (SSSR count). The van der Waals surface area contributed by atoms with Gasteiger partial charge in [0.15, 0.2) is 11.5 Å². The molecule has 1 aromatic heterocycles. The molecular formula is C32H40N4O5. The highest BCUT2D eigenvalue weighted by molar-refractivity contribution is 5.98. The second-order valence-corrected chi connectivity index (χ2v) is 11.0. The number of piperidine rings is 1. The Kier molecular flexibility index (Phi) is 8.93. The third-order valence-electron chi connectivity index (χ3n) is 8.03. The van der Waals surface area contributed by atoms with E-state index >= 15 is 0 Å². The van der Waals surface area contributed by atoms with E-state index in [0.29, 0.717) is 56.1 Å². The summed E-state index contributed by atoms with van der Waals surface area (Å²) in [5.41, 5.74) is 3.36. The van der Waals surface area contributed by atoms with Gasteiger partial charge >= 0.3 is 0 Å². The number of fused-ring (bicyclic) bond motifs is 1. The largest absolute Gasteiger partial charge is 0.493 e. The normalized spacial score (nSPS) is 17.3. The number of para-hydroxylation sites is 1. The number of rotatable bonds is 10. The molecule has 2 fully saturated rings. The van der Waals surface area contributed by atoms with Gasteiger partial charge in [-0.15, -0.1) is 0 Å². The van der Waals surface area contributed by atoms with Gasteiger partial charge in [0.05, 0.1) is 31.4 Å². The Morgan fingerprint density at radius 1 is 1.12 bits per heavy atom. The Bertz CT molecular complexity index is 1410. The second-order valence-electron chi connectivity index (χ2n) is 11.0. The van der Waals surface area contributed by atoms with Gasteiger partial charge in [0.25, 0.3) is 5.91 Å². The van der Waals surface area contributed by atoms with E-state index in [9.17, 15) is 14.7 Å². The molecule has 2 amide bonds. The van der Waals surface area contributed by atoms with Gasteiger partial charge in [0.1, 0.15) is 5.82 Å². The van der Waals surface area contributed by atoms with Crippen molar-refractivity contribution in [3.63, 3.8) is 0 Å². The van der Waals surface area contributed by atoms with Gasteiger partial charge in [0.2, 0.25) is 5.91 Å². The second kappa shape index (κ2) is 12.8. The highest BCUT2D eigenvalue weighted by Gasteiger charge is 2.27. The molecule has 0 aliphatic carbocycles. The number of anilines is 1. The fraction of sp³-hybridized carbons (Fsp3) is 0.469. The van der Waals surface area contributed by atoms with Crippen molar-refractivity contribution in [3.05, 3.63) is 59.2 Å². The summed E-state index contributed by atoms with van der Waals surface area (Å²) in [6.07, 6.45) is 3.37. The lowest BCUT2D eigenvalue weighted by atomic mass is 10.0. The number of nitrogens with zero attached hydrogens (tertiary/aromatic N) is 4. The number of hydrogen-bond acceptors (Lipinski definition) is 7. The van der Waals surface area contributed by atoms with E-state index in [1.54, 1.807) is 25.3 Å². The van der Waals surface area contributed by atoms with Crippen molar-refractivity contribution < 1.29 is 24.2 Å². The molecule has 0 radical (unpaired) electrons. The lowest BCUT2D eigenvalue weighted by Gasteiger charge is -2.34.